The van der Waals surface area contributed by atoms with Crippen molar-refractivity contribution < 1.29 is 4.42 Å². The fourth-order valence-electron chi connectivity index (χ4n) is 1.93. The van der Waals surface area contributed by atoms with E-state index in [0.29, 0.717) is 0 Å². The molecule has 4 heteroatoms. The maximum absolute atomic E-state index is 5.53. The van der Waals surface area contributed by atoms with Gasteiger partial charge in [-0.25, -0.2) is 0 Å². The molecule has 2 aromatic heterocycles. The number of nitrogens with zero attached hydrogens (tertiary/aromatic N) is 2. The second kappa shape index (κ2) is 6.33. The summed E-state index contributed by atoms with van der Waals surface area (Å²) in [5.74, 6) is 0.997. The molecule has 0 aliphatic rings. The van der Waals surface area contributed by atoms with Crippen molar-refractivity contribution in [1.82, 2.24) is 15.2 Å². The molecule has 0 unspecified atom stereocenters. The SMILES string of the molecule is CNCc1coc(CN(C)Cc2ccncc2)c1. The molecule has 0 aliphatic heterocycles. The number of hydrogen-bond donors (Lipinski definition) is 1. The lowest BCUT2D eigenvalue weighted by molar-refractivity contribution is 0.288. The molecule has 2 heterocycles. The summed E-state index contributed by atoms with van der Waals surface area (Å²) in [5.41, 5.74) is 2.44. The van der Waals surface area contributed by atoms with Gasteiger partial charge in [-0.1, -0.05) is 0 Å². The van der Waals surface area contributed by atoms with Crippen LogP contribution in [0.3, 0.4) is 0 Å². The van der Waals surface area contributed by atoms with Crippen molar-refractivity contribution >= 4 is 0 Å². The van der Waals surface area contributed by atoms with Gasteiger partial charge in [-0.15, -0.1) is 0 Å². The van der Waals surface area contributed by atoms with Crippen molar-refractivity contribution in [3.05, 3.63) is 53.7 Å². The lowest BCUT2D eigenvalue weighted by Gasteiger charge is -2.14. The number of aromatic nitrogens is 1. The molecule has 4 nitrogen and oxygen atoms in total. The van der Waals surface area contributed by atoms with E-state index >= 15 is 0 Å². The van der Waals surface area contributed by atoms with E-state index in [4.69, 9.17) is 4.42 Å². The van der Waals surface area contributed by atoms with Gasteiger partial charge in [0.1, 0.15) is 5.76 Å². The van der Waals surface area contributed by atoms with Crippen LogP contribution < -0.4 is 5.32 Å². The van der Waals surface area contributed by atoms with Gasteiger partial charge >= 0.3 is 0 Å². The largest absolute Gasteiger partial charge is 0.468 e. The van der Waals surface area contributed by atoms with E-state index < -0.39 is 0 Å². The molecule has 0 spiro atoms. The third-order valence-corrected chi connectivity index (χ3v) is 2.72. The quantitative estimate of drug-likeness (QED) is 0.845. The monoisotopic (exact) mass is 245 g/mol. The van der Waals surface area contributed by atoms with E-state index in [1.165, 1.54) is 11.1 Å². The third-order valence-electron chi connectivity index (χ3n) is 2.72. The van der Waals surface area contributed by atoms with Gasteiger partial charge in [0.2, 0.25) is 0 Å². The predicted molar refractivity (Wildman–Crippen MR) is 70.9 cm³/mol. The highest BCUT2D eigenvalue weighted by Gasteiger charge is 2.05. The molecule has 96 valence electrons. The fourth-order valence-corrected chi connectivity index (χ4v) is 1.93. The maximum atomic E-state index is 5.53. The van der Waals surface area contributed by atoms with Crippen LogP contribution in [0, 0.1) is 0 Å². The van der Waals surface area contributed by atoms with Gasteiger partial charge in [0.15, 0.2) is 0 Å². The minimum atomic E-state index is 0.812. The molecule has 0 bridgehead atoms. The molecule has 1 N–H and O–H groups in total. The lowest BCUT2D eigenvalue weighted by Crippen LogP contribution is -2.16. The second-order valence-electron chi connectivity index (χ2n) is 4.48. The molecule has 0 radical (unpaired) electrons. The van der Waals surface area contributed by atoms with Gasteiger partial charge < -0.3 is 9.73 Å². The molecule has 0 saturated heterocycles. The average Bonchev–Trinajstić information content (AvgIpc) is 2.78. The Labute approximate surface area is 108 Å². The Morgan fingerprint density at radius 1 is 1.22 bits per heavy atom. The Hall–Kier alpha value is -1.65. The molecule has 0 aromatic carbocycles. The van der Waals surface area contributed by atoms with Crippen molar-refractivity contribution in [3.63, 3.8) is 0 Å². The zero-order valence-corrected chi connectivity index (χ0v) is 10.9. The Morgan fingerprint density at radius 2 is 2.00 bits per heavy atom. The molecule has 2 aromatic rings. The summed E-state index contributed by atoms with van der Waals surface area (Å²) in [4.78, 5) is 6.24. The van der Waals surface area contributed by atoms with Gasteiger partial charge in [0.25, 0.3) is 0 Å². The van der Waals surface area contributed by atoms with E-state index in [1.807, 2.05) is 37.8 Å². The summed E-state index contributed by atoms with van der Waals surface area (Å²) in [6.45, 7) is 2.55. The standard InChI is InChI=1S/C14H19N3O/c1-15-8-13-7-14(18-11-13)10-17(2)9-12-3-5-16-6-4-12/h3-7,11,15H,8-10H2,1-2H3. The smallest absolute Gasteiger partial charge is 0.118 e. The van der Waals surface area contributed by atoms with Crippen LogP contribution in [-0.2, 0) is 19.6 Å². The van der Waals surface area contributed by atoms with Crippen molar-refractivity contribution in [2.24, 2.45) is 0 Å². The van der Waals surface area contributed by atoms with Crippen LogP contribution in [0.2, 0.25) is 0 Å². The zero-order chi connectivity index (χ0) is 12.8. The van der Waals surface area contributed by atoms with Crippen molar-refractivity contribution in [3.8, 4) is 0 Å². The molecular weight excluding hydrogens is 226 g/mol. The molecule has 2 rings (SSSR count). The van der Waals surface area contributed by atoms with E-state index in [9.17, 15) is 0 Å². The number of furan rings is 1. The zero-order valence-electron chi connectivity index (χ0n) is 10.9. The molecular formula is C14H19N3O. The minimum Gasteiger partial charge on any atom is -0.468 e. The number of rotatable bonds is 6. The Balaban J connectivity index is 1.88. The Bertz CT molecular complexity index is 467. The summed E-state index contributed by atoms with van der Waals surface area (Å²) in [5, 5.41) is 3.11. The highest BCUT2D eigenvalue weighted by atomic mass is 16.3. The predicted octanol–water partition coefficient (Wildman–Crippen LogP) is 2.03. The molecule has 0 saturated carbocycles. The normalized spacial score (nSPS) is 11.1. The minimum absolute atomic E-state index is 0.812. The molecule has 18 heavy (non-hydrogen) atoms. The highest BCUT2D eigenvalue weighted by Crippen LogP contribution is 2.11. The van der Waals surface area contributed by atoms with E-state index in [-0.39, 0.29) is 0 Å². The Morgan fingerprint density at radius 3 is 2.72 bits per heavy atom. The number of hydrogen-bond acceptors (Lipinski definition) is 4. The van der Waals surface area contributed by atoms with E-state index in [1.54, 1.807) is 0 Å². The molecule has 0 amide bonds. The van der Waals surface area contributed by atoms with Crippen LogP contribution >= 0.6 is 0 Å². The van der Waals surface area contributed by atoms with Gasteiger partial charge in [-0.3, -0.25) is 9.88 Å². The van der Waals surface area contributed by atoms with Crippen LogP contribution in [0.5, 0.6) is 0 Å². The van der Waals surface area contributed by atoms with Gasteiger partial charge in [-0.2, -0.15) is 0 Å². The van der Waals surface area contributed by atoms with Crippen LogP contribution in [0.4, 0.5) is 0 Å². The second-order valence-corrected chi connectivity index (χ2v) is 4.48. The third kappa shape index (κ3) is 3.68. The lowest BCUT2D eigenvalue weighted by atomic mass is 10.2. The van der Waals surface area contributed by atoms with E-state index in [2.05, 4.69) is 28.3 Å². The summed E-state index contributed by atoms with van der Waals surface area (Å²) < 4.78 is 5.53. The topological polar surface area (TPSA) is 41.3 Å². The average molecular weight is 245 g/mol. The summed E-state index contributed by atoms with van der Waals surface area (Å²) in [6.07, 6.45) is 5.45. The first-order valence-electron chi connectivity index (χ1n) is 6.06. The molecule has 0 atom stereocenters. The maximum Gasteiger partial charge on any atom is 0.118 e. The first-order chi connectivity index (χ1) is 8.78. The summed E-state index contributed by atoms with van der Waals surface area (Å²) in [6, 6.07) is 6.16. The number of nitrogens with one attached hydrogen (secondary N) is 1. The molecule has 0 fully saturated rings. The van der Waals surface area contributed by atoms with Crippen molar-refractivity contribution in [1.29, 1.82) is 0 Å². The van der Waals surface area contributed by atoms with Crippen molar-refractivity contribution in [2.45, 2.75) is 19.6 Å². The van der Waals surface area contributed by atoms with Crippen LogP contribution in [0.1, 0.15) is 16.9 Å². The summed E-state index contributed by atoms with van der Waals surface area (Å²) >= 11 is 0. The van der Waals surface area contributed by atoms with Gasteiger partial charge in [0, 0.05) is 31.0 Å². The fraction of sp³-hybridized carbons (Fsp3) is 0.357. The van der Waals surface area contributed by atoms with Crippen LogP contribution in [-0.4, -0.2) is 24.0 Å². The van der Waals surface area contributed by atoms with Crippen LogP contribution in [0.25, 0.3) is 0 Å². The molecule has 0 aliphatic carbocycles. The van der Waals surface area contributed by atoms with E-state index in [0.717, 1.165) is 25.4 Å². The first kappa shape index (κ1) is 12.8. The van der Waals surface area contributed by atoms with Crippen molar-refractivity contribution in [2.75, 3.05) is 14.1 Å². The van der Waals surface area contributed by atoms with Crippen LogP contribution in [0.15, 0.2) is 41.3 Å². The number of pyridine rings is 1. The highest BCUT2D eigenvalue weighted by molar-refractivity contribution is 5.13. The van der Waals surface area contributed by atoms with Gasteiger partial charge in [-0.05, 0) is 37.9 Å². The first-order valence-corrected chi connectivity index (χ1v) is 6.06. The summed E-state index contributed by atoms with van der Waals surface area (Å²) in [7, 11) is 4.02. The van der Waals surface area contributed by atoms with Gasteiger partial charge in [0.05, 0.1) is 12.8 Å². The Kier molecular flexibility index (Phi) is 4.50.